The Bertz CT molecular complexity index is 2020. The van der Waals surface area contributed by atoms with Gasteiger partial charge in [0, 0.05) is 17.2 Å². The van der Waals surface area contributed by atoms with Crippen LogP contribution in [0.4, 0.5) is 5.69 Å². The molecule has 2 aliphatic rings. The highest BCUT2D eigenvalue weighted by atomic mass is 16.2. The fourth-order valence-corrected chi connectivity index (χ4v) is 7.43. The van der Waals surface area contributed by atoms with Crippen LogP contribution in [0.25, 0.3) is 0 Å². The van der Waals surface area contributed by atoms with Crippen LogP contribution in [0.1, 0.15) is 152 Å². The summed E-state index contributed by atoms with van der Waals surface area (Å²) in [4.78, 5) is 69.0. The van der Waals surface area contributed by atoms with Crippen molar-refractivity contribution in [1.82, 2.24) is 4.90 Å². The molecule has 0 radical (unpaired) electrons. The largest absolute Gasteiger partial charge is 0.289 e. The molecule has 0 aliphatic carbocycles. The third-order valence-electron chi connectivity index (χ3n) is 9.26. The lowest BCUT2D eigenvalue weighted by Crippen LogP contribution is -2.35. The number of nitrogens with zero attached hydrogens (tertiary/aromatic N) is 2. The summed E-state index contributed by atoms with van der Waals surface area (Å²) in [7, 11) is 0. The third kappa shape index (κ3) is 6.33. The highest BCUT2D eigenvalue weighted by molar-refractivity contribution is 6.35. The standard InChI is InChI=1S/C40H38N2O5.3CH4/c1-20(2)34-22(5)13-26(14-23(34)6)17-27-15-24(7)35(25(8)16-27)42-38(45)31-12-10-29(19-33(31)40(42)47)36(43)28-9-11-30-32(18-28)39(46)41(21(3)4)37(30)44;;;/h9-16,18-21H,17H2,1-8H3;3*1H4. The molecule has 0 aromatic heterocycles. The Labute approximate surface area is 297 Å². The number of fused-ring (bicyclic) bond motifs is 2. The molecule has 6 rings (SSSR count). The number of anilines is 1. The van der Waals surface area contributed by atoms with Crippen molar-refractivity contribution in [3.05, 3.63) is 133 Å². The van der Waals surface area contributed by atoms with E-state index in [1.807, 2.05) is 26.0 Å². The van der Waals surface area contributed by atoms with Gasteiger partial charge in [-0.15, -0.1) is 0 Å². The Kier molecular flexibility index (Phi) is 11.3. The summed E-state index contributed by atoms with van der Waals surface area (Å²) in [6.45, 7) is 16.0. The number of rotatable bonds is 7. The second kappa shape index (κ2) is 14.4. The van der Waals surface area contributed by atoms with E-state index < -0.39 is 23.5 Å². The first-order chi connectivity index (χ1) is 22.2. The van der Waals surface area contributed by atoms with Crippen LogP contribution in [-0.4, -0.2) is 40.4 Å². The van der Waals surface area contributed by atoms with Crippen molar-refractivity contribution in [2.24, 2.45) is 0 Å². The van der Waals surface area contributed by atoms with Crippen molar-refractivity contribution >= 4 is 35.1 Å². The Morgan fingerprint density at radius 1 is 0.560 bits per heavy atom. The number of carbonyl (C=O) groups is 5. The molecule has 0 atom stereocenters. The van der Waals surface area contributed by atoms with E-state index in [1.165, 1.54) is 68.5 Å². The minimum absolute atomic E-state index is 0. The van der Waals surface area contributed by atoms with Crippen molar-refractivity contribution < 1.29 is 24.0 Å². The molecule has 0 spiro atoms. The van der Waals surface area contributed by atoms with Crippen LogP contribution in [0.15, 0.2) is 60.7 Å². The van der Waals surface area contributed by atoms with Crippen molar-refractivity contribution in [2.45, 2.75) is 96.1 Å². The fraction of sp³-hybridized carbons (Fsp3) is 0.326. The number of amides is 4. The zero-order valence-electron chi connectivity index (χ0n) is 28.1. The van der Waals surface area contributed by atoms with Gasteiger partial charge in [0.15, 0.2) is 5.78 Å². The molecule has 2 heterocycles. The first kappa shape index (κ1) is 39.3. The molecule has 0 saturated heterocycles. The number of hydrogen-bond acceptors (Lipinski definition) is 5. The van der Waals surface area contributed by atoms with E-state index in [4.69, 9.17) is 0 Å². The minimum Gasteiger partial charge on any atom is -0.289 e. The number of carbonyl (C=O) groups excluding carboxylic acids is 5. The van der Waals surface area contributed by atoms with Gasteiger partial charge >= 0.3 is 0 Å². The van der Waals surface area contributed by atoms with E-state index in [2.05, 4.69) is 39.8 Å². The molecular formula is C43H50N2O5. The fourth-order valence-electron chi connectivity index (χ4n) is 7.43. The molecule has 2 aliphatic heterocycles. The summed E-state index contributed by atoms with van der Waals surface area (Å²) < 4.78 is 0. The summed E-state index contributed by atoms with van der Waals surface area (Å²) >= 11 is 0. The van der Waals surface area contributed by atoms with Crippen LogP contribution in [0.3, 0.4) is 0 Å². The lowest BCUT2D eigenvalue weighted by Gasteiger charge is -2.21. The monoisotopic (exact) mass is 674 g/mol. The quantitative estimate of drug-likeness (QED) is 0.144. The molecule has 4 aromatic rings. The average Bonchev–Trinajstić information content (AvgIpc) is 3.39. The number of ketones is 1. The van der Waals surface area contributed by atoms with Crippen molar-refractivity contribution in [1.29, 1.82) is 0 Å². The van der Waals surface area contributed by atoms with Gasteiger partial charge in [-0.05, 0) is 117 Å². The van der Waals surface area contributed by atoms with Crippen LogP contribution >= 0.6 is 0 Å². The highest BCUT2D eigenvalue weighted by Crippen LogP contribution is 2.36. The molecular weight excluding hydrogens is 624 g/mol. The molecule has 7 heteroatoms. The molecule has 0 N–H and O–H groups in total. The molecule has 50 heavy (non-hydrogen) atoms. The molecule has 262 valence electrons. The number of benzene rings is 4. The van der Waals surface area contributed by atoms with E-state index in [-0.39, 0.29) is 67.6 Å². The maximum Gasteiger partial charge on any atom is 0.266 e. The van der Waals surface area contributed by atoms with Gasteiger partial charge < -0.3 is 0 Å². The topological polar surface area (TPSA) is 91.8 Å². The smallest absolute Gasteiger partial charge is 0.266 e. The maximum absolute atomic E-state index is 13.8. The van der Waals surface area contributed by atoms with Gasteiger partial charge in [-0.3, -0.25) is 28.9 Å². The van der Waals surface area contributed by atoms with Crippen molar-refractivity contribution in [3.8, 4) is 0 Å². The minimum atomic E-state index is -0.489. The van der Waals surface area contributed by atoms with E-state index in [1.54, 1.807) is 13.8 Å². The lowest BCUT2D eigenvalue weighted by molar-refractivity contribution is 0.0608. The van der Waals surface area contributed by atoms with Crippen molar-refractivity contribution in [2.75, 3.05) is 4.90 Å². The van der Waals surface area contributed by atoms with Crippen molar-refractivity contribution in [3.63, 3.8) is 0 Å². The average molecular weight is 675 g/mol. The number of imide groups is 2. The lowest BCUT2D eigenvalue weighted by atomic mass is 9.89. The molecule has 7 nitrogen and oxygen atoms in total. The number of hydrogen-bond donors (Lipinski definition) is 0. The Balaban J connectivity index is 0.00000225. The van der Waals surface area contributed by atoms with E-state index in [0.717, 1.165) is 23.1 Å². The second-order valence-electron chi connectivity index (χ2n) is 13.4. The first-order valence-corrected chi connectivity index (χ1v) is 16.0. The Hall–Kier alpha value is -5.17. The van der Waals surface area contributed by atoms with Crippen LogP contribution in [0, 0.1) is 27.7 Å². The number of aryl methyl sites for hydroxylation is 4. The van der Waals surface area contributed by atoms with Gasteiger partial charge in [0.05, 0.1) is 27.9 Å². The second-order valence-corrected chi connectivity index (χ2v) is 13.4. The SMILES string of the molecule is C.C.C.Cc1cc(Cc2cc(C)c(N3C(=O)c4ccc(C(=O)c5ccc6c(c5)C(=O)N(C(C)C)C6=O)cc4C3=O)c(C)c2)cc(C)c1C(C)C. The molecule has 0 fully saturated rings. The maximum atomic E-state index is 13.8. The summed E-state index contributed by atoms with van der Waals surface area (Å²) in [5, 5.41) is 0. The third-order valence-corrected chi connectivity index (χ3v) is 9.26. The van der Waals surface area contributed by atoms with Crippen LogP contribution in [0.5, 0.6) is 0 Å². The van der Waals surface area contributed by atoms with Crippen LogP contribution in [-0.2, 0) is 6.42 Å². The van der Waals surface area contributed by atoms with Gasteiger partial charge in [0.2, 0.25) is 0 Å². The Morgan fingerprint density at radius 3 is 1.42 bits per heavy atom. The summed E-state index contributed by atoms with van der Waals surface area (Å²) in [6, 6.07) is 17.1. The Morgan fingerprint density at radius 2 is 0.960 bits per heavy atom. The molecule has 0 bridgehead atoms. The summed E-state index contributed by atoms with van der Waals surface area (Å²) in [5.74, 6) is -1.71. The predicted octanol–water partition coefficient (Wildman–Crippen LogP) is 9.58. The van der Waals surface area contributed by atoms with Gasteiger partial charge in [-0.2, -0.15) is 0 Å². The zero-order chi connectivity index (χ0) is 34.1. The van der Waals surface area contributed by atoms with E-state index in [0.29, 0.717) is 11.6 Å². The van der Waals surface area contributed by atoms with Crippen LogP contribution in [0.2, 0.25) is 0 Å². The van der Waals surface area contributed by atoms with Crippen LogP contribution < -0.4 is 4.90 Å². The van der Waals surface area contributed by atoms with Gasteiger partial charge in [-0.25, -0.2) is 4.90 Å². The first-order valence-electron chi connectivity index (χ1n) is 16.0. The molecule has 0 unspecified atom stereocenters. The zero-order valence-corrected chi connectivity index (χ0v) is 28.1. The predicted molar refractivity (Wildman–Crippen MR) is 202 cm³/mol. The van der Waals surface area contributed by atoms with Gasteiger partial charge in [-0.1, -0.05) is 72.5 Å². The highest BCUT2D eigenvalue weighted by Gasteiger charge is 2.40. The van der Waals surface area contributed by atoms with E-state index in [9.17, 15) is 24.0 Å². The molecule has 4 amide bonds. The van der Waals surface area contributed by atoms with Gasteiger partial charge in [0.1, 0.15) is 0 Å². The summed E-state index contributed by atoms with van der Waals surface area (Å²) in [6.07, 6.45) is 0.730. The van der Waals surface area contributed by atoms with Gasteiger partial charge in [0.25, 0.3) is 23.6 Å². The van der Waals surface area contributed by atoms with E-state index >= 15 is 0 Å². The molecule has 4 aromatic carbocycles. The normalized spacial score (nSPS) is 13.3. The molecule has 0 saturated carbocycles. The summed E-state index contributed by atoms with van der Waals surface area (Å²) in [5.41, 5.74) is 9.66.